The fourth-order valence-corrected chi connectivity index (χ4v) is 4.81. The van der Waals surface area contributed by atoms with Crippen LogP contribution in [0.25, 0.3) is 33.3 Å². The molecule has 148 valence electrons. The molecule has 0 aliphatic carbocycles. The van der Waals surface area contributed by atoms with E-state index in [1.807, 2.05) is 30.4 Å². The van der Waals surface area contributed by atoms with Crippen LogP contribution >= 0.6 is 11.3 Å². The molecule has 0 saturated carbocycles. The third-order valence-electron chi connectivity index (χ3n) is 5.23. The molecule has 0 bridgehead atoms. The second-order valence-electron chi connectivity index (χ2n) is 6.87. The highest BCUT2D eigenvalue weighted by Gasteiger charge is 2.16. The van der Waals surface area contributed by atoms with Gasteiger partial charge in [0.15, 0.2) is 0 Å². The average molecular weight is 406 g/mol. The van der Waals surface area contributed by atoms with Gasteiger partial charge in [-0.05, 0) is 51.1 Å². The van der Waals surface area contributed by atoms with E-state index in [9.17, 15) is 4.79 Å². The van der Waals surface area contributed by atoms with Crippen LogP contribution in [0.2, 0.25) is 0 Å². The van der Waals surface area contributed by atoms with Crippen LogP contribution < -0.4 is 15.1 Å². The number of para-hydroxylation sites is 1. The summed E-state index contributed by atoms with van der Waals surface area (Å²) in [5, 5.41) is 2.05. The van der Waals surface area contributed by atoms with Crippen molar-refractivity contribution in [3.05, 3.63) is 69.5 Å². The first kappa shape index (κ1) is 19.4. The molecule has 0 aliphatic heterocycles. The zero-order valence-corrected chi connectivity index (χ0v) is 17.8. The van der Waals surface area contributed by atoms with Gasteiger partial charge < -0.3 is 9.32 Å². The fourth-order valence-electron chi connectivity index (χ4n) is 3.68. The molecule has 0 fully saturated rings. The Hall–Kier alpha value is -2.92. The van der Waals surface area contributed by atoms with Gasteiger partial charge in [0, 0.05) is 42.4 Å². The van der Waals surface area contributed by atoms with Crippen molar-refractivity contribution in [2.24, 2.45) is 0 Å². The number of aromatic nitrogens is 1. The minimum Gasteiger partial charge on any atom is -0.422 e. The molecule has 2 aromatic carbocycles. The van der Waals surface area contributed by atoms with Crippen LogP contribution in [0.15, 0.2) is 57.7 Å². The SMILES string of the molecule is CCN(CC)c1ccc2cc(C=Cc3sc4ccccc4[n+]3CC)c(=O)oc2c1. The van der Waals surface area contributed by atoms with Gasteiger partial charge in [0.1, 0.15) is 16.8 Å². The van der Waals surface area contributed by atoms with Crippen LogP contribution in [-0.4, -0.2) is 13.1 Å². The molecule has 0 aliphatic rings. The van der Waals surface area contributed by atoms with Gasteiger partial charge in [0.2, 0.25) is 5.52 Å². The lowest BCUT2D eigenvalue weighted by molar-refractivity contribution is -0.665. The normalized spacial score (nSPS) is 11.7. The van der Waals surface area contributed by atoms with Crippen LogP contribution in [0.5, 0.6) is 0 Å². The molecule has 2 heterocycles. The molecule has 0 radical (unpaired) electrons. The molecular formula is C24H25N2O2S+. The van der Waals surface area contributed by atoms with E-state index in [-0.39, 0.29) is 5.63 Å². The van der Waals surface area contributed by atoms with Gasteiger partial charge in [-0.15, -0.1) is 0 Å². The van der Waals surface area contributed by atoms with Crippen LogP contribution in [0, 0.1) is 0 Å². The van der Waals surface area contributed by atoms with E-state index in [1.54, 1.807) is 11.3 Å². The molecule has 0 amide bonds. The number of anilines is 1. The number of fused-ring (bicyclic) bond motifs is 2. The monoisotopic (exact) mass is 405 g/mol. The van der Waals surface area contributed by atoms with Crippen molar-refractivity contribution in [3.63, 3.8) is 0 Å². The lowest BCUT2D eigenvalue weighted by Crippen LogP contribution is -2.33. The summed E-state index contributed by atoms with van der Waals surface area (Å²) in [6, 6.07) is 16.3. The van der Waals surface area contributed by atoms with Crippen molar-refractivity contribution in [2.45, 2.75) is 27.3 Å². The molecule has 0 saturated heterocycles. The highest BCUT2D eigenvalue weighted by Crippen LogP contribution is 2.24. The Morgan fingerprint density at radius 1 is 1.03 bits per heavy atom. The summed E-state index contributed by atoms with van der Waals surface area (Å²) in [6.45, 7) is 9.08. The Balaban J connectivity index is 1.72. The molecule has 0 unspecified atom stereocenters. The van der Waals surface area contributed by atoms with Gasteiger partial charge in [-0.25, -0.2) is 4.79 Å². The smallest absolute Gasteiger partial charge is 0.343 e. The van der Waals surface area contributed by atoms with Crippen molar-refractivity contribution >= 4 is 50.4 Å². The second-order valence-corrected chi connectivity index (χ2v) is 7.93. The third-order valence-corrected chi connectivity index (χ3v) is 6.36. The highest BCUT2D eigenvalue weighted by atomic mass is 32.1. The Morgan fingerprint density at radius 3 is 2.59 bits per heavy atom. The Bertz CT molecular complexity index is 1250. The maximum absolute atomic E-state index is 12.6. The number of aryl methyl sites for hydroxylation is 1. The van der Waals surface area contributed by atoms with E-state index in [0.717, 1.165) is 35.7 Å². The van der Waals surface area contributed by atoms with Crippen molar-refractivity contribution in [1.82, 2.24) is 0 Å². The molecule has 5 heteroatoms. The maximum atomic E-state index is 12.6. The molecular weight excluding hydrogens is 380 g/mol. The second kappa shape index (κ2) is 8.21. The minimum atomic E-state index is -0.311. The fraction of sp³-hybridized carbons (Fsp3) is 0.250. The van der Waals surface area contributed by atoms with Gasteiger partial charge in [-0.2, -0.15) is 4.57 Å². The molecule has 29 heavy (non-hydrogen) atoms. The molecule has 4 aromatic rings. The number of thiazole rings is 1. The third kappa shape index (κ3) is 3.70. The van der Waals surface area contributed by atoms with Gasteiger partial charge in [0.05, 0.1) is 5.56 Å². The van der Waals surface area contributed by atoms with Crippen LogP contribution in [0.1, 0.15) is 31.3 Å². The number of hydrogen-bond acceptors (Lipinski definition) is 4. The van der Waals surface area contributed by atoms with Crippen molar-refractivity contribution in [2.75, 3.05) is 18.0 Å². The Labute approximate surface area is 174 Å². The largest absolute Gasteiger partial charge is 0.422 e. The standard InChI is InChI=1S/C24H25N2O2S/c1-4-25(5-2)19-13-11-17-15-18(24(27)28-21(17)16-19)12-14-23-26(6-3)20-9-7-8-10-22(20)29-23/h7-16H,4-6H2,1-3H3/q+1. The predicted octanol–water partition coefficient (Wildman–Crippen LogP) is 5.33. The highest BCUT2D eigenvalue weighted by molar-refractivity contribution is 7.18. The van der Waals surface area contributed by atoms with Gasteiger partial charge in [0.25, 0.3) is 5.01 Å². The number of nitrogens with zero attached hydrogens (tertiary/aromatic N) is 2. The summed E-state index contributed by atoms with van der Waals surface area (Å²) in [5.41, 5.74) is 3.17. The topological polar surface area (TPSA) is 37.3 Å². The lowest BCUT2D eigenvalue weighted by atomic mass is 10.1. The number of benzene rings is 2. The van der Waals surface area contributed by atoms with Crippen LogP contribution in [0.3, 0.4) is 0 Å². The lowest BCUT2D eigenvalue weighted by Gasteiger charge is -2.20. The van der Waals surface area contributed by atoms with Crippen molar-refractivity contribution in [3.8, 4) is 0 Å². The maximum Gasteiger partial charge on any atom is 0.343 e. The molecule has 0 atom stereocenters. The summed E-state index contributed by atoms with van der Waals surface area (Å²) in [4.78, 5) is 14.8. The average Bonchev–Trinajstić information content (AvgIpc) is 3.10. The number of hydrogen-bond donors (Lipinski definition) is 0. The van der Waals surface area contributed by atoms with E-state index < -0.39 is 0 Å². The van der Waals surface area contributed by atoms with E-state index in [0.29, 0.717) is 11.1 Å². The molecule has 0 spiro atoms. The van der Waals surface area contributed by atoms with Crippen LogP contribution in [0.4, 0.5) is 5.69 Å². The summed E-state index contributed by atoms with van der Waals surface area (Å²) >= 11 is 1.73. The zero-order chi connectivity index (χ0) is 20.4. The predicted molar refractivity (Wildman–Crippen MR) is 123 cm³/mol. The first-order valence-electron chi connectivity index (χ1n) is 10.1. The summed E-state index contributed by atoms with van der Waals surface area (Å²) in [6.07, 6.45) is 3.87. The minimum absolute atomic E-state index is 0.311. The first-order chi connectivity index (χ1) is 14.1. The van der Waals surface area contributed by atoms with Gasteiger partial charge in [-0.3, -0.25) is 0 Å². The van der Waals surface area contributed by atoms with E-state index >= 15 is 0 Å². The molecule has 2 aromatic heterocycles. The Kier molecular flexibility index (Phi) is 5.49. The quantitative estimate of drug-likeness (QED) is 0.321. The molecule has 4 nitrogen and oxygen atoms in total. The van der Waals surface area contributed by atoms with Crippen molar-refractivity contribution < 1.29 is 8.98 Å². The summed E-state index contributed by atoms with van der Waals surface area (Å²) in [7, 11) is 0. The zero-order valence-electron chi connectivity index (χ0n) is 17.0. The van der Waals surface area contributed by atoms with E-state index in [1.165, 1.54) is 10.2 Å². The molecule has 0 N–H and O–H groups in total. The molecule has 4 rings (SSSR count). The van der Waals surface area contributed by atoms with E-state index in [2.05, 4.69) is 60.6 Å². The van der Waals surface area contributed by atoms with Gasteiger partial charge in [-0.1, -0.05) is 23.5 Å². The first-order valence-corrected chi connectivity index (χ1v) is 10.9. The number of rotatable bonds is 6. The summed E-state index contributed by atoms with van der Waals surface area (Å²) in [5.74, 6) is 0. The summed E-state index contributed by atoms with van der Waals surface area (Å²) < 4.78 is 9.14. The van der Waals surface area contributed by atoms with Crippen molar-refractivity contribution in [1.29, 1.82) is 0 Å². The van der Waals surface area contributed by atoms with E-state index in [4.69, 9.17) is 4.42 Å². The van der Waals surface area contributed by atoms with Gasteiger partial charge >= 0.3 is 5.63 Å². The van der Waals surface area contributed by atoms with Crippen LogP contribution in [-0.2, 0) is 6.54 Å². The Morgan fingerprint density at radius 2 is 1.83 bits per heavy atom.